The van der Waals surface area contributed by atoms with E-state index in [1.54, 1.807) is 10.6 Å². The lowest BCUT2D eigenvalue weighted by Crippen LogP contribution is -2.42. The lowest BCUT2D eigenvalue weighted by Gasteiger charge is -2.18. The molecule has 11 heteroatoms. The third-order valence-electron chi connectivity index (χ3n) is 3.63. The molecule has 2 aromatic heterocycles. The molecule has 9 nitrogen and oxygen atoms in total. The number of aromatic nitrogens is 2. The van der Waals surface area contributed by atoms with Gasteiger partial charge in [0.1, 0.15) is 13.2 Å². The van der Waals surface area contributed by atoms with Gasteiger partial charge in [-0.3, -0.25) is 14.6 Å². The number of rotatable bonds is 5. The zero-order chi connectivity index (χ0) is 18.1. The Morgan fingerprint density at radius 3 is 2.88 bits per heavy atom. The van der Waals surface area contributed by atoms with Crippen LogP contribution in [0, 0.1) is 0 Å². The van der Waals surface area contributed by atoms with Crippen molar-refractivity contribution >= 4 is 32.2 Å². The number of ether oxygens (including phenoxy) is 2. The quantitative estimate of drug-likeness (QED) is 0.617. The summed E-state index contributed by atoms with van der Waals surface area (Å²) in [7, 11) is -3.94. The Balaban J connectivity index is 1.41. The van der Waals surface area contributed by atoms with Crippen LogP contribution in [-0.2, 0) is 21.2 Å². The maximum absolute atomic E-state index is 12.3. The van der Waals surface area contributed by atoms with E-state index >= 15 is 0 Å². The molecule has 0 fully saturated rings. The van der Waals surface area contributed by atoms with Crippen LogP contribution in [0.1, 0.15) is 5.69 Å². The first-order valence-electron chi connectivity index (χ1n) is 7.63. The van der Waals surface area contributed by atoms with Crippen molar-refractivity contribution in [3.63, 3.8) is 0 Å². The van der Waals surface area contributed by atoms with Gasteiger partial charge in [0, 0.05) is 23.8 Å². The van der Waals surface area contributed by atoms with Gasteiger partial charge in [-0.25, -0.2) is 13.4 Å². The topological polar surface area (TPSA) is 111 Å². The van der Waals surface area contributed by atoms with E-state index in [1.165, 1.54) is 29.5 Å². The molecule has 136 valence electrons. The van der Waals surface area contributed by atoms with Crippen molar-refractivity contribution in [2.24, 2.45) is 0 Å². The number of fused-ring (bicyclic) bond motifs is 2. The van der Waals surface area contributed by atoms with Crippen LogP contribution in [0.15, 0.2) is 40.9 Å². The van der Waals surface area contributed by atoms with E-state index in [2.05, 4.69) is 15.2 Å². The molecule has 3 heterocycles. The predicted octanol–water partition coefficient (Wildman–Crippen LogP) is 0.719. The third kappa shape index (κ3) is 3.36. The summed E-state index contributed by atoms with van der Waals surface area (Å²) in [6.07, 6.45) is 3.51. The van der Waals surface area contributed by atoms with Crippen LogP contribution in [0.5, 0.6) is 11.5 Å². The number of amides is 1. The third-order valence-corrected chi connectivity index (χ3v) is 5.65. The van der Waals surface area contributed by atoms with Gasteiger partial charge in [0.25, 0.3) is 10.0 Å². The van der Waals surface area contributed by atoms with E-state index < -0.39 is 15.9 Å². The Kier molecular flexibility index (Phi) is 4.26. The molecule has 1 aromatic carbocycles. The van der Waals surface area contributed by atoms with E-state index in [1.807, 2.05) is 11.6 Å². The SMILES string of the molecule is O=C(Cc1cn2ccsc2n1)NNS(=O)(=O)c1ccc2c(c1)OCCO2. The molecule has 1 aliphatic heterocycles. The average Bonchev–Trinajstić information content (AvgIpc) is 3.21. The number of nitrogens with zero attached hydrogens (tertiary/aromatic N) is 2. The molecule has 0 radical (unpaired) electrons. The predicted molar refractivity (Wildman–Crippen MR) is 92.7 cm³/mol. The lowest BCUT2D eigenvalue weighted by atomic mass is 10.3. The number of benzene rings is 1. The highest BCUT2D eigenvalue weighted by Crippen LogP contribution is 2.32. The molecular formula is C15H14N4O5S2. The van der Waals surface area contributed by atoms with Crippen LogP contribution in [0.4, 0.5) is 0 Å². The van der Waals surface area contributed by atoms with E-state index in [9.17, 15) is 13.2 Å². The van der Waals surface area contributed by atoms with Crippen molar-refractivity contribution in [1.82, 2.24) is 19.6 Å². The summed E-state index contributed by atoms with van der Waals surface area (Å²) in [5, 5.41) is 1.88. The number of hydrogen-bond donors (Lipinski definition) is 2. The highest BCUT2D eigenvalue weighted by atomic mass is 32.2. The van der Waals surface area contributed by atoms with Crippen LogP contribution < -0.4 is 19.7 Å². The first-order valence-corrected chi connectivity index (χ1v) is 9.99. The molecule has 0 saturated carbocycles. The summed E-state index contributed by atoms with van der Waals surface area (Å²) in [6, 6.07) is 4.25. The maximum atomic E-state index is 12.3. The molecule has 0 spiro atoms. The van der Waals surface area contributed by atoms with Gasteiger partial charge in [-0.15, -0.1) is 16.2 Å². The second-order valence-corrected chi connectivity index (χ2v) is 8.02. The average molecular weight is 394 g/mol. The standard InChI is InChI=1S/C15H14N4O5S2/c20-14(7-10-9-19-3-6-25-15(19)16-10)17-18-26(21,22)11-1-2-12-13(8-11)24-5-4-23-12/h1-3,6,8-9,18H,4-5,7H2,(H,17,20). The Bertz CT molecular complexity index is 1040. The van der Waals surface area contributed by atoms with Crippen LogP contribution in [-0.4, -0.2) is 36.9 Å². The first kappa shape index (κ1) is 16.8. The van der Waals surface area contributed by atoms with E-state index in [-0.39, 0.29) is 11.3 Å². The molecule has 0 saturated heterocycles. The zero-order valence-corrected chi connectivity index (χ0v) is 15.0. The molecule has 0 atom stereocenters. The number of carbonyl (C=O) groups excluding carboxylic acids is 1. The van der Waals surface area contributed by atoms with Gasteiger partial charge in [-0.1, -0.05) is 0 Å². The van der Waals surface area contributed by atoms with Gasteiger partial charge in [-0.2, -0.15) is 0 Å². The normalized spacial score (nSPS) is 13.7. The fraction of sp³-hybridized carbons (Fsp3) is 0.200. The van der Waals surface area contributed by atoms with Crippen molar-refractivity contribution in [2.45, 2.75) is 11.3 Å². The molecule has 1 amide bonds. The van der Waals surface area contributed by atoms with Gasteiger partial charge in [-0.05, 0) is 12.1 Å². The van der Waals surface area contributed by atoms with Gasteiger partial charge >= 0.3 is 0 Å². The van der Waals surface area contributed by atoms with Gasteiger partial charge in [0.15, 0.2) is 16.5 Å². The van der Waals surface area contributed by atoms with Gasteiger partial charge in [0.05, 0.1) is 17.0 Å². The summed E-state index contributed by atoms with van der Waals surface area (Å²) in [4.78, 5) is 19.1. The number of imidazole rings is 1. The molecule has 0 bridgehead atoms. The minimum atomic E-state index is -3.94. The number of hydrogen-bond acceptors (Lipinski definition) is 7. The number of nitrogens with one attached hydrogen (secondary N) is 2. The van der Waals surface area contributed by atoms with Crippen molar-refractivity contribution in [3.05, 3.63) is 41.7 Å². The van der Waals surface area contributed by atoms with Crippen molar-refractivity contribution in [2.75, 3.05) is 13.2 Å². The van der Waals surface area contributed by atoms with E-state index in [0.29, 0.717) is 30.4 Å². The monoisotopic (exact) mass is 394 g/mol. The van der Waals surface area contributed by atoms with E-state index in [4.69, 9.17) is 9.47 Å². The Hall–Kier alpha value is -2.63. The van der Waals surface area contributed by atoms with Crippen molar-refractivity contribution < 1.29 is 22.7 Å². The second kappa shape index (κ2) is 6.59. The fourth-order valence-electron chi connectivity index (χ4n) is 2.44. The Labute approximate surface area is 152 Å². The highest BCUT2D eigenvalue weighted by molar-refractivity contribution is 7.89. The van der Waals surface area contributed by atoms with Crippen molar-refractivity contribution in [3.8, 4) is 11.5 Å². The number of carbonyl (C=O) groups is 1. The molecule has 4 rings (SSSR count). The second-order valence-electron chi connectivity index (χ2n) is 5.46. The fourth-order valence-corrected chi connectivity index (χ4v) is 4.04. The van der Waals surface area contributed by atoms with Gasteiger partial charge < -0.3 is 9.47 Å². The molecular weight excluding hydrogens is 380 g/mol. The first-order chi connectivity index (χ1) is 12.5. The molecule has 0 unspecified atom stereocenters. The van der Waals surface area contributed by atoms with Crippen LogP contribution in [0.3, 0.4) is 0 Å². The lowest BCUT2D eigenvalue weighted by molar-refractivity contribution is -0.120. The molecule has 0 aliphatic carbocycles. The Morgan fingerprint density at radius 1 is 1.27 bits per heavy atom. The smallest absolute Gasteiger partial charge is 0.257 e. The maximum Gasteiger partial charge on any atom is 0.257 e. The number of sulfonamides is 1. The minimum absolute atomic E-state index is 0.0374. The van der Waals surface area contributed by atoms with Crippen molar-refractivity contribution in [1.29, 1.82) is 0 Å². The summed E-state index contributed by atoms with van der Waals surface area (Å²) >= 11 is 1.45. The summed E-state index contributed by atoms with van der Waals surface area (Å²) < 4.78 is 37.2. The highest BCUT2D eigenvalue weighted by Gasteiger charge is 2.20. The number of thiazole rings is 1. The summed E-state index contributed by atoms with van der Waals surface area (Å²) in [5.41, 5.74) is 2.74. The molecule has 3 aromatic rings. The van der Waals surface area contributed by atoms with Crippen LogP contribution in [0.25, 0.3) is 4.96 Å². The summed E-state index contributed by atoms with van der Waals surface area (Å²) in [6.45, 7) is 0.766. The number of hydrazine groups is 1. The Morgan fingerprint density at radius 2 is 2.08 bits per heavy atom. The minimum Gasteiger partial charge on any atom is -0.486 e. The zero-order valence-electron chi connectivity index (χ0n) is 13.3. The molecule has 2 N–H and O–H groups in total. The molecule has 26 heavy (non-hydrogen) atoms. The largest absolute Gasteiger partial charge is 0.486 e. The van der Waals surface area contributed by atoms with E-state index in [0.717, 1.165) is 4.96 Å². The van der Waals surface area contributed by atoms with Gasteiger partial charge in [0.2, 0.25) is 5.91 Å². The van der Waals surface area contributed by atoms with Crippen LogP contribution in [0.2, 0.25) is 0 Å². The van der Waals surface area contributed by atoms with Crippen LogP contribution >= 0.6 is 11.3 Å². The summed E-state index contributed by atoms with van der Waals surface area (Å²) in [5.74, 6) is 0.319. The molecule has 1 aliphatic rings.